The van der Waals surface area contributed by atoms with Gasteiger partial charge in [-0.05, 0) is 42.5 Å². The number of hydrogen-bond acceptors (Lipinski definition) is 3. The van der Waals surface area contributed by atoms with E-state index in [-0.39, 0.29) is 23.8 Å². The molecule has 122 valence electrons. The molecule has 0 heterocycles. The smallest absolute Gasteiger partial charge is 0.240 e. The molecule has 2 N–H and O–H groups in total. The highest BCUT2D eigenvalue weighted by Gasteiger charge is 2.14. The van der Waals surface area contributed by atoms with E-state index in [1.165, 1.54) is 24.3 Å². The molecule has 23 heavy (non-hydrogen) atoms. The maximum Gasteiger partial charge on any atom is 0.240 e. The van der Waals surface area contributed by atoms with E-state index in [0.717, 1.165) is 4.47 Å². The van der Waals surface area contributed by atoms with Gasteiger partial charge in [0.05, 0.1) is 4.90 Å². The minimum Gasteiger partial charge on any atom is -0.326 e. The van der Waals surface area contributed by atoms with Gasteiger partial charge in [-0.3, -0.25) is 4.79 Å². The highest BCUT2D eigenvalue weighted by molar-refractivity contribution is 9.10. The highest BCUT2D eigenvalue weighted by atomic mass is 79.9. The summed E-state index contributed by atoms with van der Waals surface area (Å²) in [7, 11) is -3.65. The Hall–Kier alpha value is -1.41. The fourth-order valence-corrected chi connectivity index (χ4v) is 3.34. The Balaban J connectivity index is 1.86. The number of nitrogens with one attached hydrogen (secondary N) is 2. The van der Waals surface area contributed by atoms with Gasteiger partial charge in [0.15, 0.2) is 0 Å². The normalized spacial score (nSPS) is 11.2. The Labute approximate surface area is 148 Å². The lowest BCUT2D eigenvalue weighted by Gasteiger charge is -2.08. The van der Waals surface area contributed by atoms with Gasteiger partial charge in [0.2, 0.25) is 15.9 Å². The quantitative estimate of drug-likeness (QED) is 0.756. The third kappa shape index (κ3) is 5.62. The molecule has 0 radical (unpaired) electrons. The SMILES string of the molecule is O=C(CCNS(=O)(=O)c1ccc(Cl)cc1)Nc1cccc(Br)c1. The summed E-state index contributed by atoms with van der Waals surface area (Å²) in [6.45, 7) is 0.00476. The minimum absolute atomic E-state index is 0.00476. The zero-order chi connectivity index (χ0) is 16.9. The molecule has 0 atom stereocenters. The first kappa shape index (κ1) is 17.9. The van der Waals surface area contributed by atoms with Crippen LogP contribution in [0.4, 0.5) is 5.69 Å². The molecule has 1 amide bonds. The number of sulfonamides is 1. The van der Waals surface area contributed by atoms with Gasteiger partial charge in [-0.15, -0.1) is 0 Å². The van der Waals surface area contributed by atoms with Crippen molar-refractivity contribution in [2.24, 2.45) is 0 Å². The van der Waals surface area contributed by atoms with Crippen molar-refractivity contribution >= 4 is 49.1 Å². The lowest BCUT2D eigenvalue weighted by atomic mass is 10.3. The number of anilines is 1. The number of halogens is 2. The van der Waals surface area contributed by atoms with Crippen molar-refractivity contribution in [1.29, 1.82) is 0 Å². The Morgan fingerprint density at radius 3 is 2.48 bits per heavy atom. The predicted molar refractivity (Wildman–Crippen MR) is 94.0 cm³/mol. The molecule has 0 fully saturated rings. The zero-order valence-corrected chi connectivity index (χ0v) is 15.1. The third-order valence-electron chi connectivity index (χ3n) is 2.88. The van der Waals surface area contributed by atoms with Crippen molar-refractivity contribution in [2.45, 2.75) is 11.3 Å². The Morgan fingerprint density at radius 1 is 1.13 bits per heavy atom. The van der Waals surface area contributed by atoms with E-state index >= 15 is 0 Å². The van der Waals surface area contributed by atoms with Crippen LogP contribution in [0, 0.1) is 0 Å². The maximum atomic E-state index is 12.0. The molecule has 0 bridgehead atoms. The van der Waals surface area contributed by atoms with Gasteiger partial charge >= 0.3 is 0 Å². The van der Waals surface area contributed by atoms with Crippen LogP contribution in [-0.2, 0) is 14.8 Å². The van der Waals surface area contributed by atoms with Gasteiger partial charge in [0.1, 0.15) is 0 Å². The molecular weight excluding hydrogens is 404 g/mol. The summed E-state index contributed by atoms with van der Waals surface area (Å²) in [6, 6.07) is 13.0. The fraction of sp³-hybridized carbons (Fsp3) is 0.133. The largest absolute Gasteiger partial charge is 0.326 e. The molecule has 0 saturated carbocycles. The number of carbonyl (C=O) groups excluding carboxylic acids is 1. The van der Waals surface area contributed by atoms with Crippen LogP contribution < -0.4 is 10.0 Å². The van der Waals surface area contributed by atoms with Crippen LogP contribution in [0.2, 0.25) is 5.02 Å². The van der Waals surface area contributed by atoms with E-state index < -0.39 is 10.0 Å². The van der Waals surface area contributed by atoms with Crippen molar-refractivity contribution in [1.82, 2.24) is 4.72 Å². The Bertz CT molecular complexity index is 795. The minimum atomic E-state index is -3.65. The topological polar surface area (TPSA) is 75.3 Å². The van der Waals surface area contributed by atoms with Crippen molar-refractivity contribution in [3.63, 3.8) is 0 Å². The summed E-state index contributed by atoms with van der Waals surface area (Å²) in [6.07, 6.45) is 0.0271. The number of hydrogen-bond donors (Lipinski definition) is 2. The molecule has 2 rings (SSSR count). The zero-order valence-electron chi connectivity index (χ0n) is 11.9. The number of carbonyl (C=O) groups is 1. The van der Waals surface area contributed by atoms with Crippen molar-refractivity contribution in [3.05, 3.63) is 58.0 Å². The molecule has 8 heteroatoms. The molecule has 5 nitrogen and oxygen atoms in total. The van der Waals surface area contributed by atoms with E-state index in [0.29, 0.717) is 10.7 Å². The molecule has 0 aliphatic heterocycles. The second-order valence-corrected chi connectivity index (χ2v) is 7.78. The summed E-state index contributed by atoms with van der Waals surface area (Å²) in [4.78, 5) is 11.9. The van der Waals surface area contributed by atoms with Crippen LogP contribution in [0.5, 0.6) is 0 Å². The maximum absolute atomic E-state index is 12.0. The lowest BCUT2D eigenvalue weighted by molar-refractivity contribution is -0.116. The van der Waals surface area contributed by atoms with Crippen molar-refractivity contribution in [3.8, 4) is 0 Å². The van der Waals surface area contributed by atoms with E-state index in [9.17, 15) is 13.2 Å². The summed E-state index contributed by atoms with van der Waals surface area (Å²) >= 11 is 9.03. The van der Waals surface area contributed by atoms with E-state index in [1.807, 2.05) is 6.07 Å². The van der Waals surface area contributed by atoms with Gasteiger partial charge < -0.3 is 5.32 Å². The molecular formula is C15H14BrClN2O3S. The molecule has 0 aliphatic rings. The predicted octanol–water partition coefficient (Wildman–Crippen LogP) is 3.41. The average molecular weight is 418 g/mol. The molecule has 2 aromatic rings. The van der Waals surface area contributed by atoms with Crippen LogP contribution in [-0.4, -0.2) is 20.9 Å². The number of amides is 1. The summed E-state index contributed by atoms with van der Waals surface area (Å²) in [5.74, 6) is -0.276. The van der Waals surface area contributed by atoms with Gasteiger partial charge in [-0.2, -0.15) is 0 Å². The third-order valence-corrected chi connectivity index (χ3v) is 5.10. The van der Waals surface area contributed by atoms with Gasteiger partial charge in [0.25, 0.3) is 0 Å². The van der Waals surface area contributed by atoms with Gasteiger partial charge in [-0.25, -0.2) is 13.1 Å². The van der Waals surface area contributed by atoms with E-state index in [1.54, 1.807) is 18.2 Å². The standard InChI is InChI=1S/C15H14BrClN2O3S/c16-11-2-1-3-13(10-11)19-15(20)8-9-18-23(21,22)14-6-4-12(17)5-7-14/h1-7,10,18H,8-9H2,(H,19,20). The lowest BCUT2D eigenvalue weighted by Crippen LogP contribution is -2.27. The monoisotopic (exact) mass is 416 g/mol. The second kappa shape index (κ2) is 7.92. The van der Waals surface area contributed by atoms with Crippen LogP contribution in [0.15, 0.2) is 57.9 Å². The highest BCUT2D eigenvalue weighted by Crippen LogP contribution is 2.16. The molecule has 2 aromatic carbocycles. The molecule has 0 saturated heterocycles. The summed E-state index contributed by atoms with van der Waals surface area (Å²) in [5.41, 5.74) is 0.643. The number of rotatable bonds is 6. The van der Waals surface area contributed by atoms with E-state index in [2.05, 4.69) is 26.0 Å². The van der Waals surface area contributed by atoms with Crippen LogP contribution >= 0.6 is 27.5 Å². The van der Waals surface area contributed by atoms with E-state index in [4.69, 9.17) is 11.6 Å². The van der Waals surface area contributed by atoms with Crippen molar-refractivity contribution < 1.29 is 13.2 Å². The van der Waals surface area contributed by atoms with Crippen LogP contribution in [0.25, 0.3) is 0 Å². The molecule has 0 aromatic heterocycles. The number of benzene rings is 2. The fourth-order valence-electron chi connectivity index (χ4n) is 1.79. The first-order valence-corrected chi connectivity index (χ1v) is 9.33. The van der Waals surface area contributed by atoms with Crippen molar-refractivity contribution in [2.75, 3.05) is 11.9 Å². The summed E-state index contributed by atoms with van der Waals surface area (Å²) in [5, 5.41) is 3.15. The molecule has 0 spiro atoms. The molecule has 0 unspecified atom stereocenters. The Kier molecular flexibility index (Phi) is 6.17. The first-order valence-electron chi connectivity index (χ1n) is 6.67. The molecule has 0 aliphatic carbocycles. The van der Waals surface area contributed by atoms with Gasteiger partial charge in [-0.1, -0.05) is 33.6 Å². The van der Waals surface area contributed by atoms with Crippen LogP contribution in [0.1, 0.15) is 6.42 Å². The summed E-state index contributed by atoms with van der Waals surface area (Å²) < 4.78 is 27.3. The Morgan fingerprint density at radius 2 is 1.83 bits per heavy atom. The second-order valence-electron chi connectivity index (χ2n) is 4.66. The van der Waals surface area contributed by atoms with Crippen LogP contribution in [0.3, 0.4) is 0 Å². The first-order chi connectivity index (χ1) is 10.9. The average Bonchev–Trinajstić information content (AvgIpc) is 2.47. The van der Waals surface area contributed by atoms with Gasteiger partial charge in [0, 0.05) is 28.1 Å².